The van der Waals surface area contributed by atoms with Crippen molar-refractivity contribution in [3.8, 4) is 5.75 Å². The first-order valence-corrected chi connectivity index (χ1v) is 11.8. The van der Waals surface area contributed by atoms with Gasteiger partial charge in [-0.25, -0.2) is 9.97 Å². The van der Waals surface area contributed by atoms with Crippen LogP contribution in [0.4, 0.5) is 17.3 Å². The van der Waals surface area contributed by atoms with Gasteiger partial charge in [0.15, 0.2) is 0 Å². The van der Waals surface area contributed by atoms with Gasteiger partial charge in [-0.2, -0.15) is 0 Å². The molecule has 174 valence electrons. The first-order chi connectivity index (χ1) is 16.6. The van der Waals surface area contributed by atoms with Crippen molar-refractivity contribution in [3.05, 3.63) is 83.0 Å². The largest absolute Gasteiger partial charge is 0.495 e. The Labute approximate surface area is 205 Å². The number of halogens is 1. The molecular formula is C27H28ClN5O. The quantitative estimate of drug-likeness (QED) is 0.406. The van der Waals surface area contributed by atoms with Crippen LogP contribution < -0.4 is 15.0 Å². The molecule has 1 saturated heterocycles. The minimum atomic E-state index is 0.586. The van der Waals surface area contributed by atoms with Crippen LogP contribution in [0.25, 0.3) is 10.9 Å². The van der Waals surface area contributed by atoms with Crippen molar-refractivity contribution in [1.29, 1.82) is 0 Å². The van der Waals surface area contributed by atoms with Crippen LogP contribution in [0, 0.1) is 0 Å². The van der Waals surface area contributed by atoms with E-state index in [1.54, 1.807) is 7.11 Å². The van der Waals surface area contributed by atoms with Crippen molar-refractivity contribution in [2.45, 2.75) is 6.42 Å². The molecule has 1 aliphatic rings. The highest BCUT2D eigenvalue weighted by Crippen LogP contribution is 2.28. The molecule has 0 saturated carbocycles. The van der Waals surface area contributed by atoms with E-state index in [1.165, 1.54) is 5.69 Å². The molecule has 1 N–H and O–H groups in total. The zero-order valence-electron chi connectivity index (χ0n) is 19.5. The number of nitrogens with one attached hydrogen (secondary N) is 1. The normalized spacial score (nSPS) is 14.4. The number of ether oxygens (including phenoxy) is 1. The minimum absolute atomic E-state index is 0.586. The van der Waals surface area contributed by atoms with Gasteiger partial charge in [0.2, 0.25) is 5.95 Å². The highest BCUT2D eigenvalue weighted by atomic mass is 35.5. The van der Waals surface area contributed by atoms with Crippen molar-refractivity contribution in [3.63, 3.8) is 0 Å². The molecule has 0 radical (unpaired) electrons. The first kappa shape index (κ1) is 22.4. The number of hydrogen-bond donors (Lipinski definition) is 1. The van der Waals surface area contributed by atoms with Crippen molar-refractivity contribution < 1.29 is 4.74 Å². The number of piperazine rings is 1. The predicted octanol–water partition coefficient (Wildman–Crippen LogP) is 5.38. The van der Waals surface area contributed by atoms with Gasteiger partial charge in [-0.05, 0) is 54.9 Å². The van der Waals surface area contributed by atoms with Crippen LogP contribution in [-0.2, 0) is 6.42 Å². The van der Waals surface area contributed by atoms with Crippen LogP contribution in [0.1, 0.15) is 11.1 Å². The molecule has 0 spiro atoms. The Morgan fingerprint density at radius 3 is 2.62 bits per heavy atom. The molecular weight excluding hydrogens is 446 g/mol. The van der Waals surface area contributed by atoms with Crippen LogP contribution in [0.2, 0.25) is 5.02 Å². The minimum Gasteiger partial charge on any atom is -0.495 e. The lowest BCUT2D eigenvalue weighted by Crippen LogP contribution is -2.44. The van der Waals surface area contributed by atoms with Gasteiger partial charge in [0.1, 0.15) is 5.75 Å². The van der Waals surface area contributed by atoms with Crippen LogP contribution >= 0.6 is 11.6 Å². The highest BCUT2D eigenvalue weighted by molar-refractivity contribution is 6.32. The number of nitrogens with zero attached hydrogens (tertiary/aromatic N) is 4. The molecule has 1 fully saturated rings. The summed E-state index contributed by atoms with van der Waals surface area (Å²) in [5.41, 5.74) is 5.36. The molecule has 6 nitrogen and oxygen atoms in total. The van der Waals surface area contributed by atoms with Gasteiger partial charge in [-0.1, -0.05) is 41.9 Å². The van der Waals surface area contributed by atoms with Crippen LogP contribution in [0.15, 0.2) is 66.9 Å². The number of anilines is 3. The second kappa shape index (κ2) is 9.87. The Morgan fingerprint density at radius 2 is 1.82 bits per heavy atom. The summed E-state index contributed by atoms with van der Waals surface area (Å²) in [7, 11) is 3.79. The number of rotatable bonds is 6. The van der Waals surface area contributed by atoms with Gasteiger partial charge in [-0.3, -0.25) is 0 Å². The van der Waals surface area contributed by atoms with Gasteiger partial charge >= 0.3 is 0 Å². The Hall–Kier alpha value is -3.35. The average molecular weight is 474 g/mol. The van der Waals surface area contributed by atoms with E-state index >= 15 is 0 Å². The lowest BCUT2D eigenvalue weighted by molar-refractivity contribution is 0.313. The molecule has 5 rings (SSSR count). The van der Waals surface area contributed by atoms with Gasteiger partial charge in [-0.15, -0.1) is 0 Å². The maximum absolute atomic E-state index is 6.34. The Balaban J connectivity index is 1.39. The Bertz CT molecular complexity index is 1300. The van der Waals surface area contributed by atoms with Crippen LogP contribution in [-0.4, -0.2) is 55.2 Å². The number of likely N-dealkylation sites (N-methyl/N-ethyl adjacent to an activating group) is 1. The highest BCUT2D eigenvalue weighted by Gasteiger charge is 2.15. The third kappa shape index (κ3) is 4.93. The summed E-state index contributed by atoms with van der Waals surface area (Å²) in [6, 6.07) is 20.5. The number of methoxy groups -OCH3 is 1. The van der Waals surface area contributed by atoms with E-state index in [0.717, 1.165) is 60.3 Å². The van der Waals surface area contributed by atoms with E-state index < -0.39 is 0 Å². The summed E-state index contributed by atoms with van der Waals surface area (Å²) < 4.78 is 5.28. The molecule has 7 heteroatoms. The van der Waals surface area contributed by atoms with Gasteiger partial charge < -0.3 is 19.9 Å². The molecule has 0 atom stereocenters. The summed E-state index contributed by atoms with van der Waals surface area (Å²) in [5, 5.41) is 5.02. The standard InChI is InChI=1S/C27H28ClN5O/c1-32-11-13-33(14-12-32)23-8-4-7-22(17-23)30-27-29-18-21-6-3-5-20(26(21)31-27)15-19-9-10-25(34-2)24(28)16-19/h3-10,16-18H,11-15H2,1-2H3,(H,29,30,31). The molecule has 1 aromatic heterocycles. The van der Waals surface area contributed by atoms with Crippen molar-refractivity contribution >= 4 is 39.8 Å². The topological polar surface area (TPSA) is 53.5 Å². The summed E-state index contributed by atoms with van der Waals surface area (Å²) in [5.74, 6) is 1.26. The lowest BCUT2D eigenvalue weighted by atomic mass is 10.0. The van der Waals surface area contributed by atoms with Crippen molar-refractivity contribution in [2.24, 2.45) is 0 Å². The fraction of sp³-hybridized carbons (Fsp3) is 0.259. The first-order valence-electron chi connectivity index (χ1n) is 11.5. The number of hydrogen-bond acceptors (Lipinski definition) is 6. The monoisotopic (exact) mass is 473 g/mol. The van der Waals surface area contributed by atoms with Crippen LogP contribution in [0.5, 0.6) is 5.75 Å². The summed E-state index contributed by atoms with van der Waals surface area (Å²) in [6.45, 7) is 4.22. The maximum Gasteiger partial charge on any atom is 0.227 e. The molecule has 2 heterocycles. The summed E-state index contributed by atoms with van der Waals surface area (Å²) in [6.07, 6.45) is 2.59. The fourth-order valence-corrected chi connectivity index (χ4v) is 4.61. The predicted molar refractivity (Wildman–Crippen MR) is 140 cm³/mol. The molecule has 0 aliphatic carbocycles. The number of para-hydroxylation sites is 1. The van der Waals surface area contributed by atoms with E-state index in [-0.39, 0.29) is 0 Å². The smallest absolute Gasteiger partial charge is 0.227 e. The second-order valence-corrected chi connectivity index (χ2v) is 9.07. The summed E-state index contributed by atoms with van der Waals surface area (Å²) >= 11 is 6.34. The zero-order chi connectivity index (χ0) is 23.5. The van der Waals surface area contributed by atoms with E-state index in [0.29, 0.717) is 16.7 Å². The van der Waals surface area contributed by atoms with Gasteiger partial charge in [0.25, 0.3) is 0 Å². The average Bonchev–Trinajstić information content (AvgIpc) is 2.85. The molecule has 1 aliphatic heterocycles. The number of aromatic nitrogens is 2. The number of fused-ring (bicyclic) bond motifs is 1. The van der Waals surface area contributed by atoms with E-state index in [1.807, 2.05) is 36.5 Å². The molecule has 4 aromatic rings. The third-order valence-electron chi connectivity index (χ3n) is 6.28. The molecule has 0 amide bonds. The van der Waals surface area contributed by atoms with E-state index in [2.05, 4.69) is 57.5 Å². The molecule has 34 heavy (non-hydrogen) atoms. The Morgan fingerprint density at radius 1 is 1.00 bits per heavy atom. The molecule has 0 bridgehead atoms. The zero-order valence-corrected chi connectivity index (χ0v) is 20.2. The van der Waals surface area contributed by atoms with Crippen molar-refractivity contribution in [2.75, 3.05) is 50.6 Å². The fourth-order valence-electron chi connectivity index (χ4n) is 4.33. The summed E-state index contributed by atoms with van der Waals surface area (Å²) in [4.78, 5) is 14.2. The van der Waals surface area contributed by atoms with Gasteiger partial charge in [0, 0.05) is 49.1 Å². The molecule has 3 aromatic carbocycles. The third-order valence-corrected chi connectivity index (χ3v) is 6.57. The number of benzene rings is 3. The van der Waals surface area contributed by atoms with Gasteiger partial charge in [0.05, 0.1) is 17.6 Å². The Kier molecular flexibility index (Phi) is 6.52. The van der Waals surface area contributed by atoms with Crippen molar-refractivity contribution in [1.82, 2.24) is 14.9 Å². The molecule has 0 unspecified atom stereocenters. The lowest BCUT2D eigenvalue weighted by Gasteiger charge is -2.34. The van der Waals surface area contributed by atoms with E-state index in [4.69, 9.17) is 21.3 Å². The SMILES string of the molecule is COc1ccc(Cc2cccc3cnc(Nc4cccc(N5CCN(C)CC5)c4)nc23)cc1Cl. The van der Waals surface area contributed by atoms with Crippen LogP contribution in [0.3, 0.4) is 0 Å². The second-order valence-electron chi connectivity index (χ2n) is 8.66. The maximum atomic E-state index is 6.34. The van der Waals surface area contributed by atoms with E-state index in [9.17, 15) is 0 Å².